The van der Waals surface area contributed by atoms with E-state index in [2.05, 4.69) is 5.32 Å². The molecular weight excluding hydrogens is 440 g/mol. The highest BCUT2D eigenvalue weighted by Gasteiger charge is 2.27. The maximum atomic E-state index is 13.1. The first-order valence-corrected chi connectivity index (χ1v) is 11.4. The predicted octanol–water partition coefficient (Wildman–Crippen LogP) is 3.25. The van der Waals surface area contributed by atoms with E-state index in [4.69, 9.17) is 14.6 Å². The number of esters is 1. The molecule has 2 aromatic carbocycles. The molecule has 0 saturated heterocycles. The van der Waals surface area contributed by atoms with E-state index in [1.807, 2.05) is 13.0 Å². The first-order valence-electron chi connectivity index (χ1n) is 9.02. The molecule has 1 aromatic heterocycles. The van der Waals surface area contributed by atoms with Crippen molar-refractivity contribution in [3.8, 4) is 5.75 Å². The zero-order valence-electron chi connectivity index (χ0n) is 16.7. The van der Waals surface area contributed by atoms with E-state index in [-0.39, 0.29) is 9.77 Å². The Morgan fingerprint density at radius 3 is 2.42 bits per heavy atom. The highest BCUT2D eigenvalue weighted by molar-refractivity contribution is 7.91. The van der Waals surface area contributed by atoms with Crippen LogP contribution in [0.2, 0.25) is 0 Å². The van der Waals surface area contributed by atoms with Gasteiger partial charge < -0.3 is 14.8 Å². The number of sulfonamides is 1. The summed E-state index contributed by atoms with van der Waals surface area (Å²) in [6.45, 7) is 1.86. The molecule has 0 aliphatic carbocycles. The lowest BCUT2D eigenvalue weighted by Gasteiger charge is -2.19. The highest BCUT2D eigenvalue weighted by atomic mass is 32.2. The van der Waals surface area contributed by atoms with Crippen molar-refractivity contribution in [3.05, 3.63) is 76.7 Å². The van der Waals surface area contributed by atoms with Gasteiger partial charge in [-0.2, -0.15) is 0 Å². The number of methoxy groups -OCH3 is 1. The van der Waals surface area contributed by atoms with Crippen LogP contribution < -0.4 is 15.2 Å². The molecule has 0 saturated carbocycles. The van der Waals surface area contributed by atoms with Crippen LogP contribution in [0.4, 0.5) is 5.69 Å². The third kappa shape index (κ3) is 5.48. The van der Waals surface area contributed by atoms with Crippen molar-refractivity contribution >= 4 is 38.9 Å². The van der Waals surface area contributed by atoms with Gasteiger partial charge in [0, 0.05) is 10.9 Å². The zero-order chi connectivity index (χ0) is 22.6. The molecule has 1 amide bonds. The molecule has 0 aliphatic heterocycles. The summed E-state index contributed by atoms with van der Waals surface area (Å²) in [6.07, 6.45) is -1.28. The number of anilines is 1. The zero-order valence-corrected chi connectivity index (χ0v) is 18.3. The van der Waals surface area contributed by atoms with E-state index >= 15 is 0 Å². The van der Waals surface area contributed by atoms with Crippen LogP contribution in [0.3, 0.4) is 0 Å². The van der Waals surface area contributed by atoms with Gasteiger partial charge in [-0.25, -0.2) is 18.4 Å². The smallest absolute Gasteiger partial charge is 0.340 e. The van der Waals surface area contributed by atoms with Crippen LogP contribution in [0.15, 0.2) is 64.2 Å². The number of nitrogens with two attached hydrogens (primary N) is 1. The van der Waals surface area contributed by atoms with Gasteiger partial charge in [0.15, 0.2) is 0 Å². The number of aryl methyl sites for hydroxylation is 1. The number of ether oxygens (including phenoxy) is 2. The van der Waals surface area contributed by atoms with E-state index in [1.54, 1.807) is 42.5 Å². The first-order chi connectivity index (χ1) is 14.7. The van der Waals surface area contributed by atoms with Crippen molar-refractivity contribution < 1.29 is 27.5 Å². The monoisotopic (exact) mass is 460 g/mol. The number of thiophene rings is 1. The second-order valence-electron chi connectivity index (χ2n) is 6.59. The summed E-state index contributed by atoms with van der Waals surface area (Å²) in [5, 5.41) is 9.13. The van der Waals surface area contributed by atoms with Gasteiger partial charge in [0.05, 0.1) is 18.4 Å². The molecule has 0 bridgehead atoms. The van der Waals surface area contributed by atoms with Crippen LogP contribution in [-0.4, -0.2) is 27.4 Å². The van der Waals surface area contributed by atoms with Crippen molar-refractivity contribution in [1.82, 2.24) is 0 Å². The van der Waals surface area contributed by atoms with Crippen molar-refractivity contribution in [2.24, 2.45) is 5.14 Å². The summed E-state index contributed by atoms with van der Waals surface area (Å²) in [5.74, 6) is -0.996. The normalized spacial score (nSPS) is 12.1. The number of carbonyl (C=O) groups excluding carboxylic acids is 2. The Hall–Kier alpha value is -3.21. The Morgan fingerprint density at radius 2 is 1.81 bits per heavy atom. The van der Waals surface area contributed by atoms with E-state index in [9.17, 15) is 18.0 Å². The predicted molar refractivity (Wildman–Crippen MR) is 117 cm³/mol. The van der Waals surface area contributed by atoms with Gasteiger partial charge in [-0.1, -0.05) is 36.4 Å². The fraction of sp³-hybridized carbons (Fsp3) is 0.143. The maximum Gasteiger partial charge on any atom is 0.340 e. The summed E-state index contributed by atoms with van der Waals surface area (Å²) in [5.41, 5.74) is 1.76. The standard InChI is InChI=1S/C21H20N2O6S2/c1-13-8-9-17(28-2)16(10-13)23-20(24)19(14-6-4-3-5-7-14)29-21(25)15-11-18(30-12-15)31(22,26)27/h3-12,19H,1-2H3,(H,23,24)(H2,22,26,27). The van der Waals surface area contributed by atoms with Crippen LogP contribution in [-0.2, 0) is 19.6 Å². The van der Waals surface area contributed by atoms with E-state index < -0.39 is 28.0 Å². The number of rotatable bonds is 7. The number of nitrogens with one attached hydrogen (secondary N) is 1. The lowest BCUT2D eigenvalue weighted by molar-refractivity contribution is -0.125. The summed E-state index contributed by atoms with van der Waals surface area (Å²) < 4.78 is 33.5. The Bertz CT molecular complexity index is 1210. The van der Waals surface area contributed by atoms with Gasteiger partial charge in [-0.3, -0.25) is 4.79 Å². The molecule has 1 atom stereocenters. The fourth-order valence-electron chi connectivity index (χ4n) is 2.77. The molecule has 162 valence electrons. The highest BCUT2D eigenvalue weighted by Crippen LogP contribution is 2.29. The number of hydrogen-bond acceptors (Lipinski definition) is 7. The Morgan fingerprint density at radius 1 is 1.10 bits per heavy atom. The molecule has 0 radical (unpaired) electrons. The number of benzene rings is 2. The minimum Gasteiger partial charge on any atom is -0.495 e. The second-order valence-corrected chi connectivity index (χ2v) is 9.29. The Balaban J connectivity index is 1.89. The van der Waals surface area contributed by atoms with Crippen molar-refractivity contribution in [3.63, 3.8) is 0 Å². The van der Waals surface area contributed by atoms with Crippen LogP contribution in [0.25, 0.3) is 0 Å². The molecule has 3 aromatic rings. The van der Waals surface area contributed by atoms with Crippen molar-refractivity contribution in [2.45, 2.75) is 17.2 Å². The van der Waals surface area contributed by atoms with E-state index in [0.29, 0.717) is 17.0 Å². The number of hydrogen-bond donors (Lipinski definition) is 2. The largest absolute Gasteiger partial charge is 0.495 e. The summed E-state index contributed by atoms with van der Waals surface area (Å²) >= 11 is 0.794. The lowest BCUT2D eigenvalue weighted by atomic mass is 10.1. The van der Waals surface area contributed by atoms with Gasteiger partial charge >= 0.3 is 5.97 Å². The molecular formula is C21H20N2O6S2. The molecule has 0 spiro atoms. The van der Waals surface area contributed by atoms with Gasteiger partial charge in [-0.15, -0.1) is 11.3 Å². The molecule has 0 fully saturated rings. The van der Waals surface area contributed by atoms with Crippen LogP contribution >= 0.6 is 11.3 Å². The molecule has 1 unspecified atom stereocenters. The van der Waals surface area contributed by atoms with Gasteiger partial charge in [0.25, 0.3) is 5.91 Å². The average molecular weight is 461 g/mol. The maximum absolute atomic E-state index is 13.1. The minimum atomic E-state index is -3.95. The topological polar surface area (TPSA) is 125 Å². The van der Waals surface area contributed by atoms with Crippen LogP contribution in [0.1, 0.15) is 27.6 Å². The Labute approximate surface area is 183 Å². The van der Waals surface area contributed by atoms with Crippen molar-refractivity contribution in [2.75, 3.05) is 12.4 Å². The number of primary sulfonamides is 1. The third-order valence-corrected chi connectivity index (χ3v) is 6.66. The number of carbonyl (C=O) groups is 2. The SMILES string of the molecule is COc1ccc(C)cc1NC(=O)C(OC(=O)c1csc(S(N)(=O)=O)c1)c1ccccc1. The fourth-order valence-corrected chi connectivity index (χ4v) is 4.34. The van der Waals surface area contributed by atoms with E-state index in [1.165, 1.54) is 12.5 Å². The summed E-state index contributed by atoms with van der Waals surface area (Å²) in [4.78, 5) is 25.7. The summed E-state index contributed by atoms with van der Waals surface area (Å²) in [6, 6.07) is 14.9. The van der Waals surface area contributed by atoms with Gasteiger partial charge in [-0.05, 0) is 30.7 Å². The van der Waals surface area contributed by atoms with Crippen LogP contribution in [0.5, 0.6) is 5.75 Å². The van der Waals surface area contributed by atoms with Gasteiger partial charge in [0.2, 0.25) is 16.1 Å². The quantitative estimate of drug-likeness (QED) is 0.522. The third-order valence-electron chi connectivity index (χ3n) is 4.27. The minimum absolute atomic E-state index is 0.0177. The molecule has 10 heteroatoms. The average Bonchev–Trinajstić information content (AvgIpc) is 3.23. The van der Waals surface area contributed by atoms with Crippen molar-refractivity contribution in [1.29, 1.82) is 0 Å². The Kier molecular flexibility index (Phi) is 6.74. The second kappa shape index (κ2) is 9.29. The first kappa shape index (κ1) is 22.5. The lowest BCUT2D eigenvalue weighted by Crippen LogP contribution is -2.26. The van der Waals surface area contributed by atoms with Crippen LogP contribution in [0, 0.1) is 6.92 Å². The molecule has 1 heterocycles. The summed E-state index contributed by atoms with van der Waals surface area (Å²) in [7, 11) is -2.47. The number of amides is 1. The van der Waals surface area contributed by atoms with E-state index in [0.717, 1.165) is 23.0 Å². The van der Waals surface area contributed by atoms with Gasteiger partial charge in [0.1, 0.15) is 9.96 Å². The molecule has 8 nitrogen and oxygen atoms in total. The molecule has 31 heavy (non-hydrogen) atoms. The molecule has 3 N–H and O–H groups in total. The molecule has 0 aliphatic rings. The molecule has 3 rings (SSSR count).